The van der Waals surface area contributed by atoms with Gasteiger partial charge in [0.25, 0.3) is 0 Å². The lowest BCUT2D eigenvalue weighted by molar-refractivity contribution is -0.122. The van der Waals surface area contributed by atoms with Crippen molar-refractivity contribution in [1.82, 2.24) is 10.6 Å². The normalized spacial score (nSPS) is 18.9. The first-order chi connectivity index (χ1) is 13.0. The monoisotopic (exact) mass is 456 g/mol. The second kappa shape index (κ2) is 16.1. The molecule has 27 heavy (non-hydrogen) atoms. The van der Waals surface area contributed by atoms with Crippen molar-refractivity contribution in [2.24, 2.45) is 0 Å². The number of unbranched alkanes of at least 4 members (excludes halogenated alkanes) is 1. The molecule has 0 aliphatic carbocycles. The van der Waals surface area contributed by atoms with Gasteiger partial charge in [0.05, 0.1) is 18.8 Å². The number of hydrogen-bond acceptors (Lipinski definition) is 8. The average molecular weight is 457 g/mol. The van der Waals surface area contributed by atoms with E-state index >= 15 is 0 Å². The molecule has 6 nitrogen and oxygen atoms in total. The maximum absolute atomic E-state index is 11.8. The van der Waals surface area contributed by atoms with E-state index in [0.717, 1.165) is 23.8 Å². The molecule has 3 atom stereocenters. The molecule has 4 N–H and O–H groups in total. The molecule has 1 rings (SSSR count). The van der Waals surface area contributed by atoms with E-state index in [1.165, 1.54) is 25.5 Å². The predicted octanol–water partition coefficient (Wildman–Crippen LogP) is 2.45. The van der Waals surface area contributed by atoms with Gasteiger partial charge in [-0.2, -0.15) is 0 Å². The topological polar surface area (TPSA) is 98.7 Å². The quantitative estimate of drug-likeness (QED) is 0.220. The Hall–Kier alpha value is 0.260. The molecule has 0 radical (unpaired) electrons. The van der Waals surface area contributed by atoms with Gasteiger partial charge in [0, 0.05) is 41.9 Å². The molecule has 1 heterocycles. The van der Waals surface area contributed by atoms with Gasteiger partial charge in [-0.15, -0.1) is 0 Å². The van der Waals surface area contributed by atoms with Gasteiger partial charge in [0.15, 0.2) is 0 Å². The van der Waals surface area contributed by atoms with Crippen LogP contribution in [0.1, 0.15) is 45.4 Å². The Bertz CT molecular complexity index is 424. The van der Waals surface area contributed by atoms with Crippen molar-refractivity contribution in [3.8, 4) is 0 Å². The number of aliphatic hydroxyl groups excluding tert-OH is 2. The van der Waals surface area contributed by atoms with Crippen LogP contribution in [-0.2, 0) is 9.59 Å². The van der Waals surface area contributed by atoms with Crippen LogP contribution < -0.4 is 10.6 Å². The van der Waals surface area contributed by atoms with E-state index in [-0.39, 0.29) is 18.4 Å². The first-order valence-electron chi connectivity index (χ1n) is 9.40. The molecular formula is C17H32N2O4S4. The highest BCUT2D eigenvalue weighted by Crippen LogP contribution is 2.39. The minimum Gasteiger partial charge on any atom is -0.394 e. The van der Waals surface area contributed by atoms with Gasteiger partial charge >= 0.3 is 0 Å². The fraction of sp³-hybridized carbons (Fsp3) is 0.882. The smallest absolute Gasteiger partial charge is 0.221 e. The van der Waals surface area contributed by atoms with Crippen LogP contribution in [0.3, 0.4) is 0 Å². The molecule has 0 saturated carbocycles. The minimum absolute atomic E-state index is 0.126. The molecule has 0 aromatic carbocycles. The molecule has 0 aromatic rings. The van der Waals surface area contributed by atoms with Crippen molar-refractivity contribution >= 4 is 55.0 Å². The summed E-state index contributed by atoms with van der Waals surface area (Å²) < 4.78 is 0. The van der Waals surface area contributed by atoms with Crippen molar-refractivity contribution in [1.29, 1.82) is 0 Å². The van der Waals surface area contributed by atoms with Crippen molar-refractivity contribution in [3.63, 3.8) is 0 Å². The van der Waals surface area contributed by atoms with Crippen LogP contribution in [0.15, 0.2) is 0 Å². The van der Waals surface area contributed by atoms with Crippen molar-refractivity contribution < 1.29 is 19.8 Å². The number of rotatable bonds is 15. The summed E-state index contributed by atoms with van der Waals surface area (Å²) in [6.45, 7) is 1.91. The minimum atomic E-state index is -0.773. The third kappa shape index (κ3) is 13.2. The molecule has 0 aromatic heterocycles. The fourth-order valence-electron chi connectivity index (χ4n) is 2.39. The van der Waals surface area contributed by atoms with Gasteiger partial charge in [-0.3, -0.25) is 9.59 Å². The molecule has 0 spiro atoms. The maximum atomic E-state index is 11.8. The Morgan fingerprint density at radius 2 is 1.96 bits per heavy atom. The lowest BCUT2D eigenvalue weighted by Gasteiger charge is -2.18. The van der Waals surface area contributed by atoms with E-state index in [1.54, 1.807) is 21.6 Å². The average Bonchev–Trinajstić information content (AvgIpc) is 3.15. The Kier molecular flexibility index (Phi) is 15.1. The number of aliphatic hydroxyl groups is 2. The highest BCUT2D eigenvalue weighted by Gasteiger charge is 2.16. The summed E-state index contributed by atoms with van der Waals surface area (Å²) in [6, 6.07) is -0.610. The third-order valence-corrected chi connectivity index (χ3v) is 9.45. The number of carbonyl (C=O) groups is 2. The summed E-state index contributed by atoms with van der Waals surface area (Å²) >= 11 is 0. The van der Waals surface area contributed by atoms with E-state index in [0.29, 0.717) is 25.1 Å². The molecule has 10 heteroatoms. The Balaban J connectivity index is 1.88. The van der Waals surface area contributed by atoms with E-state index in [2.05, 4.69) is 10.6 Å². The molecule has 1 aliphatic rings. The predicted molar refractivity (Wildman–Crippen MR) is 120 cm³/mol. The van der Waals surface area contributed by atoms with Crippen LogP contribution in [0.4, 0.5) is 0 Å². The highest BCUT2D eigenvalue weighted by molar-refractivity contribution is 8.77. The largest absolute Gasteiger partial charge is 0.394 e. The van der Waals surface area contributed by atoms with E-state index in [9.17, 15) is 14.7 Å². The van der Waals surface area contributed by atoms with Crippen molar-refractivity contribution in [3.05, 3.63) is 0 Å². The first-order valence-corrected chi connectivity index (χ1v) is 14.3. The maximum Gasteiger partial charge on any atom is 0.221 e. The zero-order valence-corrected chi connectivity index (χ0v) is 19.1. The number of nitrogens with one attached hydrogen (secondary N) is 2. The molecule has 2 amide bonds. The lowest BCUT2D eigenvalue weighted by Crippen LogP contribution is -2.44. The molecule has 1 unspecified atom stereocenters. The summed E-state index contributed by atoms with van der Waals surface area (Å²) in [7, 11) is 7.18. The number of amides is 2. The van der Waals surface area contributed by atoms with Crippen LogP contribution in [0, 0.1) is 0 Å². The van der Waals surface area contributed by atoms with Crippen molar-refractivity contribution in [2.45, 2.75) is 62.8 Å². The highest BCUT2D eigenvalue weighted by atomic mass is 33.1. The lowest BCUT2D eigenvalue weighted by atomic mass is 10.1. The van der Waals surface area contributed by atoms with Gasteiger partial charge in [-0.1, -0.05) is 49.6 Å². The zero-order valence-electron chi connectivity index (χ0n) is 15.9. The van der Waals surface area contributed by atoms with Gasteiger partial charge < -0.3 is 20.8 Å². The standard InChI is InChI=1S/C17H32N2O4S4/c1-13(21)15(12-20)19-17(23)7-10-24-25-11-8-18-16(22)5-3-2-4-14-6-9-26-27-14/h13-15,20-21H,2-12H2,1H3,(H,18,22)(H,19,23)/t13-,14?,15-/m1/s1. The van der Waals surface area contributed by atoms with E-state index < -0.39 is 12.1 Å². The zero-order chi connectivity index (χ0) is 19.9. The van der Waals surface area contributed by atoms with Gasteiger partial charge in [0.2, 0.25) is 11.8 Å². The molecule has 158 valence electrons. The molecule has 1 aliphatic heterocycles. The third-order valence-electron chi connectivity index (χ3n) is 4.04. The molecule has 0 bridgehead atoms. The van der Waals surface area contributed by atoms with Crippen LogP contribution in [0.2, 0.25) is 0 Å². The molecular weight excluding hydrogens is 424 g/mol. The SMILES string of the molecule is C[C@@H](O)[C@@H](CO)NC(=O)CCSSCCNC(=O)CCCCC1CCSS1. The molecule has 1 fully saturated rings. The van der Waals surface area contributed by atoms with Crippen LogP contribution in [-0.4, -0.2) is 69.8 Å². The van der Waals surface area contributed by atoms with Crippen LogP contribution in [0.5, 0.6) is 0 Å². The number of hydrogen-bond donors (Lipinski definition) is 4. The van der Waals surface area contributed by atoms with Crippen LogP contribution in [0.25, 0.3) is 0 Å². The first kappa shape index (κ1) is 25.3. The van der Waals surface area contributed by atoms with E-state index in [1.807, 2.05) is 21.6 Å². The summed E-state index contributed by atoms with van der Waals surface area (Å²) in [5, 5.41) is 24.8. The molecule has 1 saturated heterocycles. The van der Waals surface area contributed by atoms with E-state index in [4.69, 9.17) is 5.11 Å². The van der Waals surface area contributed by atoms with Gasteiger partial charge in [-0.25, -0.2) is 0 Å². The summed E-state index contributed by atoms with van der Waals surface area (Å²) in [5.41, 5.74) is 0. The van der Waals surface area contributed by atoms with Gasteiger partial charge in [0.1, 0.15) is 0 Å². The summed E-state index contributed by atoms with van der Waals surface area (Å²) in [6.07, 6.45) is 4.80. The second-order valence-electron chi connectivity index (χ2n) is 6.42. The summed E-state index contributed by atoms with van der Waals surface area (Å²) in [5.74, 6) is 2.68. The Morgan fingerprint density at radius 3 is 2.63 bits per heavy atom. The fourth-order valence-corrected chi connectivity index (χ4v) is 7.32. The summed E-state index contributed by atoms with van der Waals surface area (Å²) in [4.78, 5) is 23.5. The number of carbonyl (C=O) groups excluding carboxylic acids is 2. The second-order valence-corrected chi connectivity index (χ2v) is 11.9. The van der Waals surface area contributed by atoms with Gasteiger partial charge in [-0.05, 0) is 26.2 Å². The van der Waals surface area contributed by atoms with Crippen LogP contribution >= 0.6 is 43.2 Å². The van der Waals surface area contributed by atoms with Crippen molar-refractivity contribution in [2.75, 3.05) is 30.4 Å². The Labute approximate surface area is 178 Å². The Morgan fingerprint density at radius 1 is 1.19 bits per heavy atom.